The number of rotatable bonds is 8. The standard InChI is InChI=1S/C38H50O7/c1-22(2)11-13-25-20-37-21-26(16-17-34(5,6)44)36(9,10)45-32(37)29(30(41)24-12-14-27(39)28(40)19-24)31(42)38(33(37)43,35(25,7)8)18-15-23(3)4/h11-12,14-17,19,25-26,39-40,44H,13,18,20-21H2,1-10H3/b17-16+/t25-,26-,37-,38-/m0/s1. The number of allylic oxidation sites excluding steroid dienone is 6. The van der Waals surface area contributed by atoms with Crippen LogP contribution in [-0.2, 0) is 14.3 Å². The zero-order valence-electron chi connectivity index (χ0n) is 28.5. The van der Waals surface area contributed by atoms with E-state index in [-0.39, 0.29) is 46.7 Å². The number of ether oxygens (including phenoxy) is 1. The molecule has 7 heteroatoms. The lowest BCUT2D eigenvalue weighted by molar-refractivity contribution is -0.186. The van der Waals surface area contributed by atoms with Gasteiger partial charge >= 0.3 is 0 Å². The number of fused-ring (bicyclic) bond motifs is 1. The van der Waals surface area contributed by atoms with Crippen molar-refractivity contribution in [2.75, 3.05) is 0 Å². The Hall–Kier alpha value is -3.45. The first-order chi connectivity index (χ1) is 20.6. The summed E-state index contributed by atoms with van der Waals surface area (Å²) in [6, 6.07) is 3.72. The Morgan fingerprint density at radius 1 is 0.978 bits per heavy atom. The molecule has 1 saturated carbocycles. The van der Waals surface area contributed by atoms with Crippen molar-refractivity contribution in [1.29, 1.82) is 0 Å². The number of ketones is 3. The highest BCUT2D eigenvalue weighted by Gasteiger charge is 2.74. The molecule has 0 unspecified atom stereocenters. The molecule has 1 aromatic carbocycles. The third-order valence-corrected chi connectivity index (χ3v) is 10.5. The SMILES string of the molecule is CC(C)=CC[C@H]1C[C@]23C[C@H](/C=C/C(C)(C)O)C(C)(C)OC2=C(C(=O)c2ccc(O)c(O)c2)C(=O)[C@@](CC=C(C)C)(C3=O)C1(C)C. The maximum absolute atomic E-state index is 15.3. The molecule has 1 heterocycles. The van der Waals surface area contributed by atoms with Crippen LogP contribution in [0.5, 0.6) is 11.5 Å². The van der Waals surface area contributed by atoms with Crippen LogP contribution >= 0.6 is 0 Å². The number of phenolic OH excluding ortho intramolecular Hbond substituents is 2. The molecule has 3 aliphatic rings. The van der Waals surface area contributed by atoms with Crippen molar-refractivity contribution >= 4 is 17.3 Å². The molecule has 0 radical (unpaired) electrons. The molecule has 7 nitrogen and oxygen atoms in total. The largest absolute Gasteiger partial charge is 0.504 e. The summed E-state index contributed by atoms with van der Waals surface area (Å²) in [6.07, 6.45) is 9.19. The molecule has 1 aromatic rings. The van der Waals surface area contributed by atoms with Crippen LogP contribution in [0.2, 0.25) is 0 Å². The normalized spacial score (nSPS) is 28.8. The van der Waals surface area contributed by atoms with Gasteiger partial charge in [-0.25, -0.2) is 0 Å². The van der Waals surface area contributed by atoms with E-state index in [0.717, 1.165) is 17.2 Å². The fourth-order valence-electron chi connectivity index (χ4n) is 7.57. The van der Waals surface area contributed by atoms with E-state index in [1.807, 2.05) is 67.5 Å². The number of hydrogen-bond donors (Lipinski definition) is 3. The first-order valence-electron chi connectivity index (χ1n) is 15.9. The highest BCUT2D eigenvalue weighted by molar-refractivity contribution is 6.35. The van der Waals surface area contributed by atoms with Gasteiger partial charge in [0, 0.05) is 11.5 Å². The van der Waals surface area contributed by atoms with E-state index in [2.05, 4.69) is 6.08 Å². The van der Waals surface area contributed by atoms with Gasteiger partial charge in [-0.05, 0) is 111 Å². The summed E-state index contributed by atoms with van der Waals surface area (Å²) in [5.41, 5.74) is -3.71. The zero-order valence-corrected chi connectivity index (χ0v) is 28.5. The van der Waals surface area contributed by atoms with Crippen LogP contribution in [0.25, 0.3) is 0 Å². The lowest BCUT2D eigenvalue weighted by Crippen LogP contribution is -2.69. The van der Waals surface area contributed by atoms with Crippen LogP contribution in [0, 0.1) is 28.1 Å². The van der Waals surface area contributed by atoms with Gasteiger partial charge in [-0.3, -0.25) is 14.4 Å². The number of carbonyl (C=O) groups is 3. The molecular formula is C38H50O7. The zero-order chi connectivity index (χ0) is 33.9. The molecule has 2 fully saturated rings. The summed E-state index contributed by atoms with van der Waals surface area (Å²) in [4.78, 5) is 45.0. The van der Waals surface area contributed by atoms with Gasteiger partial charge in [0.2, 0.25) is 0 Å². The van der Waals surface area contributed by atoms with Gasteiger partial charge in [-0.15, -0.1) is 0 Å². The van der Waals surface area contributed by atoms with Crippen LogP contribution in [0.1, 0.15) is 105 Å². The topological polar surface area (TPSA) is 121 Å². The van der Waals surface area contributed by atoms with E-state index in [4.69, 9.17) is 4.74 Å². The predicted molar refractivity (Wildman–Crippen MR) is 175 cm³/mol. The van der Waals surface area contributed by atoms with Crippen molar-refractivity contribution in [3.05, 3.63) is 70.5 Å². The minimum absolute atomic E-state index is 0.0189. The van der Waals surface area contributed by atoms with Gasteiger partial charge in [-0.1, -0.05) is 49.3 Å². The summed E-state index contributed by atoms with van der Waals surface area (Å²) >= 11 is 0. The molecule has 0 amide bonds. The third kappa shape index (κ3) is 5.73. The van der Waals surface area contributed by atoms with Crippen LogP contribution in [0.15, 0.2) is 65.0 Å². The van der Waals surface area contributed by atoms with E-state index >= 15 is 9.59 Å². The number of aromatic hydroxyl groups is 2. The third-order valence-electron chi connectivity index (χ3n) is 10.5. The maximum Gasteiger partial charge on any atom is 0.200 e. The van der Waals surface area contributed by atoms with E-state index in [0.29, 0.717) is 19.3 Å². The average molecular weight is 619 g/mol. The van der Waals surface area contributed by atoms with Gasteiger partial charge in [-0.2, -0.15) is 0 Å². The second-order valence-corrected chi connectivity index (χ2v) is 15.5. The van der Waals surface area contributed by atoms with E-state index in [9.17, 15) is 20.1 Å². The summed E-state index contributed by atoms with van der Waals surface area (Å²) < 4.78 is 6.74. The first kappa shape index (κ1) is 34.4. The molecule has 4 rings (SSSR count). The second-order valence-electron chi connectivity index (χ2n) is 15.5. The number of phenols is 2. The van der Waals surface area contributed by atoms with Crippen molar-refractivity contribution < 1.29 is 34.4 Å². The van der Waals surface area contributed by atoms with Gasteiger partial charge in [0.15, 0.2) is 28.8 Å². The highest BCUT2D eigenvalue weighted by atomic mass is 16.5. The summed E-state index contributed by atoms with van der Waals surface area (Å²) in [5, 5.41) is 30.8. The van der Waals surface area contributed by atoms with Crippen molar-refractivity contribution in [3.8, 4) is 11.5 Å². The molecule has 3 N–H and O–H groups in total. The summed E-state index contributed by atoms with van der Waals surface area (Å²) in [5.74, 6) is -2.58. The lowest BCUT2D eigenvalue weighted by Gasteiger charge is -2.63. The van der Waals surface area contributed by atoms with Gasteiger partial charge in [0.25, 0.3) is 0 Å². The van der Waals surface area contributed by atoms with Crippen LogP contribution in [0.3, 0.4) is 0 Å². The van der Waals surface area contributed by atoms with E-state index in [1.165, 1.54) is 12.1 Å². The Morgan fingerprint density at radius 3 is 2.16 bits per heavy atom. The molecule has 1 aliphatic heterocycles. The Morgan fingerprint density at radius 2 is 1.60 bits per heavy atom. The van der Waals surface area contributed by atoms with Gasteiger partial charge < -0.3 is 20.1 Å². The quantitative estimate of drug-likeness (QED) is 0.0904. The van der Waals surface area contributed by atoms with Crippen LogP contribution in [0.4, 0.5) is 0 Å². The minimum Gasteiger partial charge on any atom is -0.504 e. The number of Topliss-reactive ketones (excluding diaryl/α,β-unsaturated/α-hetero) is 3. The van der Waals surface area contributed by atoms with Crippen molar-refractivity contribution in [3.63, 3.8) is 0 Å². The number of carbonyl (C=O) groups excluding carboxylic acids is 3. The molecule has 1 spiro atoms. The molecule has 0 aromatic heterocycles. The maximum atomic E-state index is 15.3. The van der Waals surface area contributed by atoms with Crippen molar-refractivity contribution in [2.45, 2.75) is 106 Å². The van der Waals surface area contributed by atoms with Crippen LogP contribution < -0.4 is 0 Å². The summed E-state index contributed by atoms with van der Waals surface area (Å²) in [6.45, 7) is 19.0. The molecular weight excluding hydrogens is 568 g/mol. The Bertz CT molecular complexity index is 1540. The van der Waals surface area contributed by atoms with Gasteiger partial charge in [0.05, 0.1) is 11.0 Å². The Labute approximate surface area is 267 Å². The number of benzene rings is 1. The van der Waals surface area contributed by atoms with E-state index in [1.54, 1.807) is 19.9 Å². The van der Waals surface area contributed by atoms with E-state index < -0.39 is 44.8 Å². The lowest BCUT2D eigenvalue weighted by atomic mass is 9.39. The van der Waals surface area contributed by atoms with Crippen molar-refractivity contribution in [2.24, 2.45) is 28.1 Å². The molecule has 4 atom stereocenters. The monoisotopic (exact) mass is 618 g/mol. The molecule has 1 saturated heterocycles. The second kappa shape index (κ2) is 11.4. The molecule has 45 heavy (non-hydrogen) atoms. The van der Waals surface area contributed by atoms with Crippen molar-refractivity contribution in [1.82, 2.24) is 0 Å². The molecule has 244 valence electrons. The smallest absolute Gasteiger partial charge is 0.200 e. The Balaban J connectivity index is 2.11. The fraction of sp³-hybridized carbons (Fsp3) is 0.553. The minimum atomic E-state index is -1.55. The molecule has 2 aliphatic carbocycles. The highest BCUT2D eigenvalue weighted by Crippen LogP contribution is 2.69. The number of aliphatic hydroxyl groups is 1. The number of hydrogen-bond acceptors (Lipinski definition) is 7. The summed E-state index contributed by atoms with van der Waals surface area (Å²) in [7, 11) is 0. The Kier molecular flexibility index (Phi) is 8.73. The van der Waals surface area contributed by atoms with Crippen LogP contribution in [-0.4, -0.2) is 43.9 Å². The predicted octanol–water partition coefficient (Wildman–Crippen LogP) is 7.56. The van der Waals surface area contributed by atoms with Gasteiger partial charge in [0.1, 0.15) is 22.3 Å². The molecule has 2 bridgehead atoms. The fourth-order valence-corrected chi connectivity index (χ4v) is 7.57. The first-order valence-corrected chi connectivity index (χ1v) is 15.9. The average Bonchev–Trinajstić information content (AvgIpc) is 2.90.